The summed E-state index contributed by atoms with van der Waals surface area (Å²) in [6, 6.07) is 17.4. The first-order chi connectivity index (χ1) is 14.6. The van der Waals surface area contributed by atoms with E-state index in [0.717, 1.165) is 0 Å². The Kier molecular flexibility index (Phi) is 3.20. The van der Waals surface area contributed by atoms with Crippen LogP contribution in [-0.2, 0) is 10.8 Å². The molecule has 2 aromatic rings. The minimum absolute atomic E-state index is 0.157. The third kappa shape index (κ3) is 1.68. The summed E-state index contributed by atoms with van der Waals surface area (Å²) in [5.74, 6) is 0. The number of hydrogen-bond acceptors (Lipinski definition) is 3. The first kappa shape index (κ1) is 17.4. The fraction of sp³-hybridized carbons (Fsp3) is 0.481. The first-order valence-corrected chi connectivity index (χ1v) is 11.7. The van der Waals surface area contributed by atoms with Crippen LogP contribution >= 0.6 is 0 Å². The zero-order valence-electron chi connectivity index (χ0n) is 18.3. The lowest BCUT2D eigenvalue weighted by molar-refractivity contribution is 0.00448. The summed E-state index contributed by atoms with van der Waals surface area (Å²) in [6.07, 6.45) is 8.11. The summed E-state index contributed by atoms with van der Waals surface area (Å²) in [6.45, 7) is 5.73. The van der Waals surface area contributed by atoms with Crippen LogP contribution in [0.4, 0.5) is 11.4 Å². The van der Waals surface area contributed by atoms with Gasteiger partial charge >= 0.3 is 0 Å². The number of allylic oxidation sites excluding steroid dienone is 1. The Morgan fingerprint density at radius 2 is 1.93 bits per heavy atom. The van der Waals surface area contributed by atoms with Gasteiger partial charge in [0.2, 0.25) is 0 Å². The number of hydrogen-bond donors (Lipinski definition) is 1. The Bertz CT molecular complexity index is 1100. The molecule has 0 radical (unpaired) electrons. The Labute approximate surface area is 179 Å². The van der Waals surface area contributed by atoms with Crippen LogP contribution in [0.3, 0.4) is 0 Å². The van der Waals surface area contributed by atoms with Crippen LogP contribution in [0.15, 0.2) is 54.1 Å². The van der Waals surface area contributed by atoms with Crippen LogP contribution in [0.25, 0.3) is 0 Å². The SMILES string of the molecule is CC(C)=C[C@@H]1c2cccc3c2[C@]24CCN1[C@H]1CCC[C@]12c1ccccc1N[C@@H]4N3C. The van der Waals surface area contributed by atoms with Gasteiger partial charge in [-0.3, -0.25) is 4.90 Å². The molecule has 30 heavy (non-hydrogen) atoms. The van der Waals surface area contributed by atoms with Crippen molar-refractivity contribution in [2.45, 2.75) is 68.6 Å². The van der Waals surface area contributed by atoms with E-state index in [2.05, 4.69) is 84.6 Å². The molecule has 0 amide bonds. The zero-order valence-corrected chi connectivity index (χ0v) is 18.3. The highest BCUT2D eigenvalue weighted by molar-refractivity contribution is 5.77. The van der Waals surface area contributed by atoms with Gasteiger partial charge in [0.25, 0.3) is 0 Å². The number of benzene rings is 2. The van der Waals surface area contributed by atoms with Gasteiger partial charge in [0, 0.05) is 41.8 Å². The van der Waals surface area contributed by atoms with Crippen molar-refractivity contribution < 1.29 is 0 Å². The van der Waals surface area contributed by atoms with E-state index in [0.29, 0.717) is 18.2 Å². The molecular formula is C27H31N3. The highest BCUT2D eigenvalue weighted by atomic mass is 15.3. The summed E-state index contributed by atoms with van der Waals surface area (Å²) in [7, 11) is 2.32. The van der Waals surface area contributed by atoms with E-state index >= 15 is 0 Å². The lowest BCUT2D eigenvalue weighted by Crippen LogP contribution is -2.70. The Morgan fingerprint density at radius 3 is 2.80 bits per heavy atom. The number of rotatable bonds is 1. The lowest BCUT2D eigenvalue weighted by atomic mass is 9.49. The van der Waals surface area contributed by atoms with Gasteiger partial charge in [-0.1, -0.05) is 48.4 Å². The number of piperidine rings is 1. The standard InChI is InChI=1S/C27H31N3/c1-17(2)16-22-18-8-6-11-21-24(18)27-14-15-30(22)23-12-7-13-26(23,27)19-9-4-5-10-20(19)28-25(27)29(21)3/h4-6,8-11,16,22-23,25,28H,7,12-15H2,1-3H3/t22-,23+,25-,26+,27+/m1/s1. The van der Waals surface area contributed by atoms with Gasteiger partial charge in [0.15, 0.2) is 0 Å². The average molecular weight is 398 g/mol. The molecule has 5 heterocycles. The molecule has 1 saturated carbocycles. The molecule has 3 nitrogen and oxygen atoms in total. The summed E-state index contributed by atoms with van der Waals surface area (Å²) < 4.78 is 0. The van der Waals surface area contributed by atoms with Crippen LogP contribution in [0.5, 0.6) is 0 Å². The number of para-hydroxylation sites is 1. The van der Waals surface area contributed by atoms with Crippen molar-refractivity contribution >= 4 is 11.4 Å². The van der Waals surface area contributed by atoms with Crippen LogP contribution < -0.4 is 10.2 Å². The molecular weight excluding hydrogens is 366 g/mol. The van der Waals surface area contributed by atoms with Crippen molar-refractivity contribution in [1.29, 1.82) is 0 Å². The topological polar surface area (TPSA) is 18.5 Å². The molecule has 1 unspecified atom stereocenters. The number of likely N-dealkylation sites (N-methyl/N-ethyl adjacent to an activating group) is 1. The third-order valence-corrected chi connectivity index (χ3v) is 9.20. The lowest BCUT2D eigenvalue weighted by Gasteiger charge is -2.62. The van der Waals surface area contributed by atoms with Gasteiger partial charge in [-0.05, 0) is 61.9 Å². The Hall–Kier alpha value is -2.26. The van der Waals surface area contributed by atoms with Crippen molar-refractivity contribution in [2.75, 3.05) is 23.8 Å². The smallest absolute Gasteiger partial charge is 0.110 e. The quantitative estimate of drug-likeness (QED) is 0.655. The molecule has 0 aromatic heterocycles. The predicted molar refractivity (Wildman–Crippen MR) is 123 cm³/mol. The first-order valence-electron chi connectivity index (χ1n) is 11.7. The number of nitrogens with zero attached hydrogens (tertiary/aromatic N) is 2. The second-order valence-corrected chi connectivity index (χ2v) is 10.5. The predicted octanol–water partition coefficient (Wildman–Crippen LogP) is 5.34. The van der Waals surface area contributed by atoms with Gasteiger partial charge in [-0.15, -0.1) is 0 Å². The van der Waals surface area contributed by atoms with Crippen LogP contribution in [0.2, 0.25) is 0 Å². The van der Waals surface area contributed by atoms with Crippen molar-refractivity contribution in [3.63, 3.8) is 0 Å². The van der Waals surface area contributed by atoms with Gasteiger partial charge in [0.1, 0.15) is 6.17 Å². The molecule has 3 heteroatoms. The zero-order chi connectivity index (χ0) is 20.3. The van der Waals surface area contributed by atoms with Crippen LogP contribution in [0.1, 0.15) is 62.3 Å². The summed E-state index contributed by atoms with van der Waals surface area (Å²) in [5.41, 5.74) is 9.43. The molecule has 1 saturated heterocycles. The monoisotopic (exact) mass is 397 g/mol. The summed E-state index contributed by atoms with van der Waals surface area (Å²) in [5, 5.41) is 4.05. The van der Waals surface area contributed by atoms with E-state index in [1.807, 2.05) is 0 Å². The van der Waals surface area contributed by atoms with E-state index in [1.165, 1.54) is 49.2 Å². The van der Waals surface area contributed by atoms with Crippen LogP contribution in [0, 0.1) is 0 Å². The van der Waals surface area contributed by atoms with E-state index in [4.69, 9.17) is 0 Å². The van der Waals surface area contributed by atoms with E-state index in [9.17, 15) is 0 Å². The normalized spacial score (nSPS) is 39.0. The molecule has 5 aliphatic heterocycles. The van der Waals surface area contributed by atoms with E-state index in [-0.39, 0.29) is 10.8 Å². The number of fused-ring (bicyclic) bond motifs is 2. The summed E-state index contributed by atoms with van der Waals surface area (Å²) >= 11 is 0. The van der Waals surface area contributed by atoms with E-state index in [1.54, 1.807) is 16.7 Å². The number of anilines is 2. The van der Waals surface area contributed by atoms with Gasteiger partial charge in [0.05, 0.1) is 6.04 Å². The van der Waals surface area contributed by atoms with Gasteiger partial charge in [-0.25, -0.2) is 0 Å². The molecule has 2 fully saturated rings. The fourth-order valence-electron chi connectivity index (χ4n) is 8.49. The maximum absolute atomic E-state index is 4.05. The summed E-state index contributed by atoms with van der Waals surface area (Å²) in [4.78, 5) is 5.48. The molecule has 1 N–H and O–H groups in total. The molecule has 8 rings (SSSR count). The van der Waals surface area contributed by atoms with Gasteiger partial charge < -0.3 is 10.2 Å². The second-order valence-electron chi connectivity index (χ2n) is 10.5. The number of nitrogens with one attached hydrogen (secondary N) is 1. The van der Waals surface area contributed by atoms with Crippen molar-refractivity contribution in [3.8, 4) is 0 Å². The molecule has 6 atom stereocenters. The average Bonchev–Trinajstić information content (AvgIpc) is 3.24. The van der Waals surface area contributed by atoms with Crippen molar-refractivity contribution in [3.05, 3.63) is 70.8 Å². The van der Waals surface area contributed by atoms with E-state index < -0.39 is 0 Å². The highest BCUT2D eigenvalue weighted by Gasteiger charge is 2.73. The molecule has 1 aliphatic carbocycles. The Balaban J connectivity index is 1.65. The fourth-order valence-corrected chi connectivity index (χ4v) is 8.49. The maximum Gasteiger partial charge on any atom is 0.110 e. The van der Waals surface area contributed by atoms with Crippen molar-refractivity contribution in [2.24, 2.45) is 0 Å². The third-order valence-electron chi connectivity index (χ3n) is 9.20. The maximum atomic E-state index is 4.05. The molecule has 154 valence electrons. The van der Waals surface area contributed by atoms with Crippen LogP contribution in [-0.4, -0.2) is 30.7 Å². The molecule has 2 bridgehead atoms. The largest absolute Gasteiger partial charge is 0.364 e. The molecule has 6 aliphatic rings. The minimum atomic E-state index is 0.157. The van der Waals surface area contributed by atoms with Crippen molar-refractivity contribution in [1.82, 2.24) is 4.90 Å². The highest BCUT2D eigenvalue weighted by Crippen LogP contribution is 2.71. The minimum Gasteiger partial charge on any atom is -0.364 e. The van der Waals surface area contributed by atoms with Gasteiger partial charge in [-0.2, -0.15) is 0 Å². The Morgan fingerprint density at radius 1 is 1.07 bits per heavy atom. The molecule has 2 aromatic carbocycles. The molecule has 2 spiro atoms. The second kappa shape index (κ2) is 5.50.